The van der Waals surface area contributed by atoms with E-state index in [0.717, 1.165) is 35.1 Å². The van der Waals surface area contributed by atoms with E-state index in [9.17, 15) is 0 Å². The van der Waals surface area contributed by atoms with Crippen LogP contribution in [0.3, 0.4) is 0 Å². The molecule has 15 heavy (non-hydrogen) atoms. The quantitative estimate of drug-likeness (QED) is 0.732. The van der Waals surface area contributed by atoms with Crippen LogP contribution in [0.4, 0.5) is 11.5 Å². The number of fused-ring (bicyclic) bond motifs is 1. The Hall–Kier alpha value is -1.71. The van der Waals surface area contributed by atoms with Crippen LogP contribution < -0.4 is 11.5 Å². The second-order valence-electron chi connectivity index (χ2n) is 3.58. The second kappa shape index (κ2) is 3.46. The van der Waals surface area contributed by atoms with Crippen molar-refractivity contribution in [1.82, 2.24) is 9.78 Å². The predicted molar refractivity (Wildman–Crippen MR) is 63.6 cm³/mol. The van der Waals surface area contributed by atoms with E-state index in [4.69, 9.17) is 11.5 Å². The minimum atomic E-state index is 0.580. The number of nitrogen functional groups attached to an aromatic ring is 2. The van der Waals surface area contributed by atoms with E-state index in [1.807, 2.05) is 23.7 Å². The number of hydrogen-bond acceptors (Lipinski definition) is 3. The van der Waals surface area contributed by atoms with Crippen molar-refractivity contribution in [2.75, 3.05) is 11.5 Å². The normalized spacial score (nSPS) is 11.1. The maximum Gasteiger partial charge on any atom is 0.153 e. The lowest BCUT2D eigenvalue weighted by Gasteiger charge is -2.05. The molecule has 0 aliphatic rings. The van der Waals surface area contributed by atoms with Gasteiger partial charge in [-0.25, -0.2) is 0 Å². The molecule has 1 aromatic carbocycles. The molecule has 0 radical (unpaired) electrons. The lowest BCUT2D eigenvalue weighted by molar-refractivity contribution is 0.687. The van der Waals surface area contributed by atoms with E-state index in [1.54, 1.807) is 0 Å². The van der Waals surface area contributed by atoms with Crippen molar-refractivity contribution in [1.29, 1.82) is 0 Å². The van der Waals surface area contributed by atoms with E-state index in [-0.39, 0.29) is 0 Å². The Labute approximate surface area is 88.9 Å². The van der Waals surface area contributed by atoms with Gasteiger partial charge < -0.3 is 11.5 Å². The van der Waals surface area contributed by atoms with E-state index in [0.29, 0.717) is 5.82 Å². The van der Waals surface area contributed by atoms with Gasteiger partial charge in [-0.1, -0.05) is 6.92 Å². The molecule has 1 heterocycles. The molecule has 0 fully saturated rings. The first-order chi connectivity index (χ1) is 7.19. The zero-order valence-electron chi connectivity index (χ0n) is 9.12. The largest absolute Gasteiger partial charge is 0.398 e. The zero-order chi connectivity index (χ0) is 11.0. The van der Waals surface area contributed by atoms with Gasteiger partial charge in [0.25, 0.3) is 0 Å². The third-order valence-corrected chi connectivity index (χ3v) is 2.74. The molecule has 0 atom stereocenters. The minimum absolute atomic E-state index is 0.580. The molecular weight excluding hydrogens is 188 g/mol. The van der Waals surface area contributed by atoms with E-state index >= 15 is 0 Å². The molecular formula is C11H16N4. The van der Waals surface area contributed by atoms with Crippen LogP contribution in [0.2, 0.25) is 0 Å². The van der Waals surface area contributed by atoms with Gasteiger partial charge in [0, 0.05) is 17.6 Å². The number of rotatable bonds is 2. The molecule has 0 spiro atoms. The molecule has 0 aliphatic carbocycles. The van der Waals surface area contributed by atoms with Crippen LogP contribution in [0, 0.1) is 0 Å². The first kappa shape index (κ1) is 9.83. The van der Waals surface area contributed by atoms with Crippen LogP contribution >= 0.6 is 0 Å². The first-order valence-corrected chi connectivity index (χ1v) is 5.22. The highest BCUT2D eigenvalue weighted by Crippen LogP contribution is 2.29. The van der Waals surface area contributed by atoms with Crippen molar-refractivity contribution < 1.29 is 0 Å². The Morgan fingerprint density at radius 3 is 2.60 bits per heavy atom. The Morgan fingerprint density at radius 2 is 2.00 bits per heavy atom. The molecule has 0 unspecified atom stereocenters. The van der Waals surface area contributed by atoms with Crippen LogP contribution in [0.1, 0.15) is 19.4 Å². The second-order valence-corrected chi connectivity index (χ2v) is 3.58. The van der Waals surface area contributed by atoms with Crippen molar-refractivity contribution in [3.8, 4) is 0 Å². The topological polar surface area (TPSA) is 69.9 Å². The highest BCUT2D eigenvalue weighted by Gasteiger charge is 2.12. The lowest BCUT2D eigenvalue weighted by Crippen LogP contribution is -1.97. The fraction of sp³-hybridized carbons (Fsp3) is 0.364. The SMILES string of the molecule is CCc1c(N)ccc2c1c(N)nn2CC. The lowest BCUT2D eigenvalue weighted by atomic mass is 10.1. The van der Waals surface area contributed by atoms with Crippen LogP contribution in [-0.4, -0.2) is 9.78 Å². The molecule has 2 aromatic rings. The van der Waals surface area contributed by atoms with Crippen molar-refractivity contribution in [3.63, 3.8) is 0 Å². The fourth-order valence-electron chi connectivity index (χ4n) is 2.01. The molecule has 0 saturated carbocycles. The highest BCUT2D eigenvalue weighted by atomic mass is 15.3. The average Bonchev–Trinajstić information content (AvgIpc) is 2.56. The Balaban J connectivity index is 2.86. The summed E-state index contributed by atoms with van der Waals surface area (Å²) in [6.07, 6.45) is 0.878. The third-order valence-electron chi connectivity index (χ3n) is 2.74. The maximum atomic E-state index is 5.92. The van der Waals surface area contributed by atoms with Gasteiger partial charge in [-0.05, 0) is 31.0 Å². The standard InChI is InChI=1S/C11H16N4/c1-3-7-8(12)5-6-9-10(7)11(13)14-15(9)4-2/h5-6H,3-4,12H2,1-2H3,(H2,13,14). The molecule has 4 N–H and O–H groups in total. The molecule has 1 aromatic heterocycles. The Morgan fingerprint density at radius 1 is 1.27 bits per heavy atom. The number of benzene rings is 1. The number of nitrogens with zero attached hydrogens (tertiary/aromatic N) is 2. The summed E-state index contributed by atoms with van der Waals surface area (Å²) in [5, 5.41) is 5.31. The summed E-state index contributed by atoms with van der Waals surface area (Å²) < 4.78 is 1.91. The summed E-state index contributed by atoms with van der Waals surface area (Å²) in [5.74, 6) is 0.580. The summed E-state index contributed by atoms with van der Waals surface area (Å²) in [6, 6.07) is 3.91. The molecule has 0 aliphatic heterocycles. The molecule has 0 bridgehead atoms. The fourth-order valence-corrected chi connectivity index (χ4v) is 2.01. The minimum Gasteiger partial charge on any atom is -0.398 e. The number of aromatic nitrogens is 2. The number of anilines is 2. The van der Waals surface area contributed by atoms with E-state index in [1.165, 1.54) is 0 Å². The summed E-state index contributed by atoms with van der Waals surface area (Å²) >= 11 is 0. The smallest absolute Gasteiger partial charge is 0.153 e. The first-order valence-electron chi connectivity index (χ1n) is 5.22. The average molecular weight is 204 g/mol. The van der Waals surface area contributed by atoms with Gasteiger partial charge >= 0.3 is 0 Å². The van der Waals surface area contributed by atoms with E-state index < -0.39 is 0 Å². The monoisotopic (exact) mass is 204 g/mol. The van der Waals surface area contributed by atoms with Crippen LogP contribution in [0.15, 0.2) is 12.1 Å². The van der Waals surface area contributed by atoms with Gasteiger partial charge in [0.2, 0.25) is 0 Å². The zero-order valence-corrected chi connectivity index (χ0v) is 9.12. The summed E-state index contributed by atoms with van der Waals surface area (Å²) in [5.41, 5.74) is 14.8. The van der Waals surface area contributed by atoms with Crippen molar-refractivity contribution >= 4 is 22.4 Å². The Kier molecular flexibility index (Phi) is 2.26. The van der Waals surface area contributed by atoms with Gasteiger partial charge in [0.05, 0.1) is 5.52 Å². The molecule has 80 valence electrons. The number of hydrogen-bond donors (Lipinski definition) is 2. The van der Waals surface area contributed by atoms with Gasteiger partial charge in [-0.2, -0.15) is 5.10 Å². The highest BCUT2D eigenvalue weighted by molar-refractivity contribution is 5.95. The maximum absolute atomic E-state index is 5.92. The van der Waals surface area contributed by atoms with Crippen molar-refractivity contribution in [3.05, 3.63) is 17.7 Å². The molecule has 0 saturated heterocycles. The van der Waals surface area contributed by atoms with Crippen molar-refractivity contribution in [2.24, 2.45) is 0 Å². The molecule has 0 amide bonds. The third kappa shape index (κ3) is 1.33. The van der Waals surface area contributed by atoms with Crippen LogP contribution in [-0.2, 0) is 13.0 Å². The Bertz CT molecular complexity index is 499. The number of aryl methyl sites for hydroxylation is 2. The molecule has 4 nitrogen and oxygen atoms in total. The van der Waals surface area contributed by atoms with Crippen molar-refractivity contribution in [2.45, 2.75) is 26.8 Å². The summed E-state index contributed by atoms with van der Waals surface area (Å²) in [6.45, 7) is 4.95. The van der Waals surface area contributed by atoms with Crippen LogP contribution in [0.25, 0.3) is 10.9 Å². The number of nitrogens with two attached hydrogens (primary N) is 2. The molecule has 4 heteroatoms. The van der Waals surface area contributed by atoms with Gasteiger partial charge in [0.1, 0.15) is 0 Å². The van der Waals surface area contributed by atoms with Gasteiger partial charge in [0.15, 0.2) is 5.82 Å². The van der Waals surface area contributed by atoms with Crippen LogP contribution in [0.5, 0.6) is 0 Å². The van der Waals surface area contributed by atoms with E-state index in [2.05, 4.69) is 12.0 Å². The van der Waals surface area contributed by atoms with Gasteiger partial charge in [-0.15, -0.1) is 0 Å². The summed E-state index contributed by atoms with van der Waals surface area (Å²) in [7, 11) is 0. The predicted octanol–water partition coefficient (Wildman–Crippen LogP) is 1.78. The summed E-state index contributed by atoms with van der Waals surface area (Å²) in [4.78, 5) is 0. The molecule has 2 rings (SSSR count). The van der Waals surface area contributed by atoms with Gasteiger partial charge in [-0.3, -0.25) is 4.68 Å².